The summed E-state index contributed by atoms with van der Waals surface area (Å²) in [6, 6.07) is 18.7. The summed E-state index contributed by atoms with van der Waals surface area (Å²) in [5.41, 5.74) is 3.78. The first-order valence-electron chi connectivity index (χ1n) is 9.31. The van der Waals surface area contributed by atoms with Crippen molar-refractivity contribution in [1.82, 2.24) is 5.32 Å². The molecule has 4 rings (SSSR count). The Hall–Kier alpha value is -2.44. The van der Waals surface area contributed by atoms with E-state index >= 15 is 0 Å². The van der Waals surface area contributed by atoms with Crippen LogP contribution in [0.4, 0.5) is 0 Å². The molecule has 1 N–H and O–H groups in total. The Labute approximate surface area is 169 Å². The molecule has 0 spiro atoms. The number of benzene rings is 2. The number of carbonyl (C=O) groups excluding carboxylic acids is 1. The fraction of sp³-hybridized carbons (Fsp3) is 0.227. The van der Waals surface area contributed by atoms with Crippen LogP contribution in [0.2, 0.25) is 0 Å². The predicted molar refractivity (Wildman–Crippen MR) is 113 cm³/mol. The lowest BCUT2D eigenvalue weighted by atomic mass is 9.91. The van der Waals surface area contributed by atoms with Crippen LogP contribution in [0, 0.1) is 0 Å². The second-order valence-corrected chi connectivity index (χ2v) is 10.0. The summed E-state index contributed by atoms with van der Waals surface area (Å²) in [5, 5.41) is 2.86. The molecule has 1 heterocycles. The molecule has 0 unspecified atom stereocenters. The molecule has 3 aromatic rings. The number of fused-ring (bicyclic) bond motifs is 3. The maximum absolute atomic E-state index is 12.5. The number of aryl methyl sites for hydroxylation is 2. The van der Waals surface area contributed by atoms with E-state index in [4.69, 9.17) is 0 Å². The van der Waals surface area contributed by atoms with Crippen molar-refractivity contribution in [3.05, 3.63) is 76.7 Å². The number of rotatable bonds is 6. The molecule has 1 aromatic heterocycles. The van der Waals surface area contributed by atoms with E-state index in [2.05, 4.69) is 23.5 Å². The van der Waals surface area contributed by atoms with Gasteiger partial charge < -0.3 is 5.32 Å². The highest BCUT2D eigenvalue weighted by Gasteiger charge is 2.21. The molecule has 6 heteroatoms. The van der Waals surface area contributed by atoms with Crippen molar-refractivity contribution in [2.24, 2.45) is 0 Å². The van der Waals surface area contributed by atoms with Crippen LogP contribution in [0.5, 0.6) is 0 Å². The van der Waals surface area contributed by atoms with Gasteiger partial charge in [0.25, 0.3) is 5.91 Å². The van der Waals surface area contributed by atoms with E-state index in [1.165, 1.54) is 32.9 Å². The van der Waals surface area contributed by atoms with E-state index in [0.717, 1.165) is 12.8 Å². The van der Waals surface area contributed by atoms with Crippen molar-refractivity contribution in [3.63, 3.8) is 0 Å². The van der Waals surface area contributed by atoms with Gasteiger partial charge in [-0.2, -0.15) is 0 Å². The van der Waals surface area contributed by atoms with E-state index in [1.54, 1.807) is 30.3 Å². The molecule has 0 atom stereocenters. The number of nitrogens with one attached hydrogen (secondary N) is 1. The van der Waals surface area contributed by atoms with Crippen molar-refractivity contribution < 1.29 is 13.2 Å². The molecule has 1 amide bonds. The van der Waals surface area contributed by atoms with Gasteiger partial charge in [-0.15, -0.1) is 11.3 Å². The summed E-state index contributed by atoms with van der Waals surface area (Å²) in [4.78, 5) is 14.7. The van der Waals surface area contributed by atoms with Gasteiger partial charge in [0.05, 0.1) is 15.5 Å². The monoisotopic (exact) mass is 411 g/mol. The third kappa shape index (κ3) is 3.88. The second kappa shape index (κ2) is 7.89. The second-order valence-electron chi connectivity index (χ2n) is 6.86. The van der Waals surface area contributed by atoms with E-state index in [-0.39, 0.29) is 11.7 Å². The Balaban J connectivity index is 1.36. The maximum Gasteiger partial charge on any atom is 0.261 e. The van der Waals surface area contributed by atoms with Crippen LogP contribution < -0.4 is 5.32 Å². The molecule has 0 saturated carbocycles. The van der Waals surface area contributed by atoms with Gasteiger partial charge in [-0.25, -0.2) is 8.42 Å². The number of thiophene rings is 1. The van der Waals surface area contributed by atoms with E-state index in [9.17, 15) is 13.2 Å². The highest BCUT2D eigenvalue weighted by Crippen LogP contribution is 2.39. The largest absolute Gasteiger partial charge is 0.351 e. The SMILES string of the molecule is O=C(NCCCS(=O)(=O)c1ccccc1)c1cc2c(s1)-c1ccccc1CC2. The number of hydrogen-bond acceptors (Lipinski definition) is 4. The fourth-order valence-electron chi connectivity index (χ4n) is 3.48. The van der Waals surface area contributed by atoms with Gasteiger partial charge in [0, 0.05) is 11.4 Å². The van der Waals surface area contributed by atoms with Crippen LogP contribution >= 0.6 is 11.3 Å². The Morgan fingerprint density at radius 2 is 1.68 bits per heavy atom. The maximum atomic E-state index is 12.5. The standard InChI is InChI=1S/C22H21NO3S2/c24-22(23-13-6-14-28(25,26)18-8-2-1-3-9-18)20-15-17-12-11-16-7-4-5-10-19(16)21(17)27-20/h1-5,7-10,15H,6,11-14H2,(H,23,24). The van der Waals surface area contributed by atoms with Crippen molar-refractivity contribution in [2.75, 3.05) is 12.3 Å². The van der Waals surface area contributed by atoms with Crippen LogP contribution in [0.1, 0.15) is 27.2 Å². The highest BCUT2D eigenvalue weighted by atomic mass is 32.2. The van der Waals surface area contributed by atoms with E-state index in [1.807, 2.05) is 12.1 Å². The van der Waals surface area contributed by atoms with Gasteiger partial charge in [0.2, 0.25) is 0 Å². The van der Waals surface area contributed by atoms with Crippen LogP contribution in [0.25, 0.3) is 10.4 Å². The summed E-state index contributed by atoms with van der Waals surface area (Å²) >= 11 is 1.52. The summed E-state index contributed by atoms with van der Waals surface area (Å²) in [6.07, 6.45) is 2.33. The Kier molecular flexibility index (Phi) is 5.33. The van der Waals surface area contributed by atoms with Gasteiger partial charge in [-0.3, -0.25) is 4.79 Å². The zero-order valence-corrected chi connectivity index (χ0v) is 17.0. The van der Waals surface area contributed by atoms with Gasteiger partial charge in [-0.1, -0.05) is 42.5 Å². The third-order valence-electron chi connectivity index (χ3n) is 4.94. The molecule has 0 fully saturated rings. The molecule has 1 aliphatic rings. The number of sulfone groups is 1. The average Bonchev–Trinajstić information content (AvgIpc) is 3.17. The van der Waals surface area contributed by atoms with Gasteiger partial charge in [-0.05, 0) is 54.2 Å². The molecule has 28 heavy (non-hydrogen) atoms. The molecular weight excluding hydrogens is 390 g/mol. The van der Waals surface area contributed by atoms with Gasteiger partial charge in [0.15, 0.2) is 9.84 Å². The fourth-order valence-corrected chi connectivity index (χ4v) is 6.00. The number of carbonyl (C=O) groups is 1. The lowest BCUT2D eigenvalue weighted by molar-refractivity contribution is 0.0957. The zero-order valence-electron chi connectivity index (χ0n) is 15.4. The van der Waals surface area contributed by atoms with Crippen molar-refractivity contribution >= 4 is 27.1 Å². The molecule has 0 saturated heterocycles. The minimum atomic E-state index is -3.31. The van der Waals surface area contributed by atoms with Crippen molar-refractivity contribution in [1.29, 1.82) is 0 Å². The molecule has 0 aliphatic heterocycles. The minimum absolute atomic E-state index is 0.0195. The molecule has 0 radical (unpaired) electrons. The third-order valence-corrected chi connectivity index (χ3v) is 7.96. The Morgan fingerprint density at radius 3 is 2.50 bits per heavy atom. The minimum Gasteiger partial charge on any atom is -0.351 e. The zero-order chi connectivity index (χ0) is 19.6. The molecule has 4 nitrogen and oxygen atoms in total. The lowest BCUT2D eigenvalue weighted by Crippen LogP contribution is -2.25. The first-order chi connectivity index (χ1) is 13.5. The highest BCUT2D eigenvalue weighted by molar-refractivity contribution is 7.91. The topological polar surface area (TPSA) is 63.2 Å². The summed E-state index contributed by atoms with van der Waals surface area (Å²) in [7, 11) is -3.31. The van der Waals surface area contributed by atoms with Crippen LogP contribution in [0.3, 0.4) is 0 Å². The average molecular weight is 412 g/mol. The number of amides is 1. The Morgan fingerprint density at radius 1 is 0.964 bits per heavy atom. The summed E-state index contributed by atoms with van der Waals surface area (Å²) in [5.74, 6) is -0.111. The van der Waals surface area contributed by atoms with Gasteiger partial charge >= 0.3 is 0 Å². The summed E-state index contributed by atoms with van der Waals surface area (Å²) in [6.45, 7) is 0.337. The number of hydrogen-bond donors (Lipinski definition) is 1. The van der Waals surface area contributed by atoms with Crippen molar-refractivity contribution in [3.8, 4) is 10.4 Å². The predicted octanol–water partition coefficient (Wildman–Crippen LogP) is 4.11. The Bertz CT molecular complexity index is 1100. The van der Waals surface area contributed by atoms with Gasteiger partial charge in [0.1, 0.15) is 0 Å². The summed E-state index contributed by atoms with van der Waals surface area (Å²) < 4.78 is 24.6. The smallest absolute Gasteiger partial charge is 0.261 e. The molecule has 1 aliphatic carbocycles. The molecular formula is C22H21NO3S2. The van der Waals surface area contributed by atoms with Crippen LogP contribution in [-0.2, 0) is 22.7 Å². The first-order valence-corrected chi connectivity index (χ1v) is 11.8. The van der Waals surface area contributed by atoms with Crippen molar-refractivity contribution in [2.45, 2.75) is 24.2 Å². The van der Waals surface area contributed by atoms with E-state index in [0.29, 0.717) is 22.7 Å². The lowest BCUT2D eigenvalue weighted by Gasteiger charge is -2.15. The molecule has 144 valence electrons. The quantitative estimate of drug-likeness (QED) is 0.621. The molecule has 2 aromatic carbocycles. The van der Waals surface area contributed by atoms with Crippen LogP contribution in [0.15, 0.2) is 65.6 Å². The normalized spacial score (nSPS) is 12.9. The van der Waals surface area contributed by atoms with E-state index < -0.39 is 9.84 Å². The van der Waals surface area contributed by atoms with Crippen LogP contribution in [-0.4, -0.2) is 26.6 Å². The first kappa shape index (κ1) is 18.9. The molecule has 0 bridgehead atoms.